The molecule has 0 saturated heterocycles. The smallest absolute Gasteiger partial charge is 1.00 e. The summed E-state index contributed by atoms with van der Waals surface area (Å²) in [5.74, 6) is 0. The predicted molar refractivity (Wildman–Crippen MR) is 27.8 cm³/mol. The van der Waals surface area contributed by atoms with Crippen molar-refractivity contribution in [2.24, 2.45) is 0 Å². The van der Waals surface area contributed by atoms with E-state index in [2.05, 4.69) is 4.29 Å². The van der Waals surface area contributed by atoms with Crippen molar-refractivity contribution in [3.63, 3.8) is 0 Å². The Morgan fingerprint density at radius 2 is 1.38 bits per heavy atom. The molecule has 0 aliphatic carbocycles. The maximum atomic E-state index is 4.84. The van der Waals surface area contributed by atoms with Gasteiger partial charge in [0.2, 0.25) is 0 Å². The van der Waals surface area contributed by atoms with Crippen LogP contribution in [-0.2, 0) is 4.29 Å². The average Bonchev–Trinajstić information content (AvgIpc) is 1.38. The summed E-state index contributed by atoms with van der Waals surface area (Å²) in [5, 5.41) is 0. The minimum atomic E-state index is 0. The molecule has 0 aliphatic rings. The average molecular weight is 190 g/mol. The predicted octanol–water partition coefficient (Wildman–Crippen LogP) is -4.81. The third kappa shape index (κ3) is 25.6. The van der Waals surface area contributed by atoms with E-state index < -0.39 is 0 Å². The fourth-order valence-corrected chi connectivity index (χ4v) is 0. The zero-order valence-electron chi connectivity index (χ0n) is 4.83. The third-order valence-electron chi connectivity index (χ3n) is 0.178. The van der Waals surface area contributed by atoms with Gasteiger partial charge < -0.3 is 24.8 Å². The van der Waals surface area contributed by atoms with Gasteiger partial charge in [0.05, 0.1) is 18.0 Å². The largest absolute Gasteiger partial charge is 2.00 e. The van der Waals surface area contributed by atoms with Crippen molar-refractivity contribution < 1.29 is 29.1 Å². The molecule has 0 atom stereocenters. The number of hydrogen-bond acceptors (Lipinski definition) is 1. The molecule has 0 saturated carbocycles. The normalized spacial score (nSPS) is 6.00. The van der Waals surface area contributed by atoms with E-state index in [4.69, 9.17) is 11.9 Å². The Kier molecular flexibility index (Phi) is 44.8. The van der Waals surface area contributed by atoms with Gasteiger partial charge in [-0.05, 0) is 13.8 Å². The number of hydrogen-bond donors (Lipinski definition) is 0. The second-order valence-corrected chi connectivity index (χ2v) is 1.32. The quantitative estimate of drug-likeness (QED) is 0.377. The molecule has 0 aliphatic heterocycles. The molecule has 0 aromatic heterocycles. The summed E-state index contributed by atoms with van der Waals surface area (Å²) in [6, 6.07) is 0. The number of rotatable bonds is 1. The first-order chi connectivity index (χ1) is 2.27. The van der Waals surface area contributed by atoms with Crippen molar-refractivity contribution in [1.29, 1.82) is 0 Å². The van der Waals surface area contributed by atoms with Crippen LogP contribution in [0.4, 0.5) is 0 Å². The molecule has 5 heteroatoms. The van der Waals surface area contributed by atoms with Crippen LogP contribution in [0, 0.1) is 0 Å². The minimum Gasteiger partial charge on any atom is -1.00 e. The maximum Gasteiger partial charge on any atom is 2.00 e. The zero-order valence-corrected chi connectivity index (χ0v) is 8.51. The Hall–Kier alpha value is 1.60. The van der Waals surface area contributed by atoms with Gasteiger partial charge in [-0.1, -0.05) is 0 Å². The van der Waals surface area contributed by atoms with Crippen LogP contribution in [0.25, 0.3) is 0 Å². The van der Waals surface area contributed by atoms with Crippen LogP contribution in [0.2, 0.25) is 0 Å². The van der Waals surface area contributed by atoms with Crippen LogP contribution in [0.3, 0.4) is 0 Å². The summed E-state index contributed by atoms with van der Waals surface area (Å²) in [7, 11) is 0. The van der Waals surface area contributed by atoms with Gasteiger partial charge in [-0.3, -0.25) is 4.29 Å². The first kappa shape index (κ1) is 22.6. The molecule has 1 nitrogen and oxygen atoms in total. The van der Waals surface area contributed by atoms with Gasteiger partial charge in [0, 0.05) is 0 Å². The SMILES string of the molecule is CC(C)OCl.[Cl-].[Cl-].[Mg+2]. The summed E-state index contributed by atoms with van der Waals surface area (Å²) < 4.78 is 4.22. The second-order valence-electron chi connectivity index (χ2n) is 1.14. The summed E-state index contributed by atoms with van der Waals surface area (Å²) in [6.07, 6.45) is 0.150. The Labute approximate surface area is 83.6 Å². The molecule has 0 fully saturated rings. The molecule has 8 heavy (non-hydrogen) atoms. The van der Waals surface area contributed by atoms with Crippen LogP contribution in [0.15, 0.2) is 0 Å². The van der Waals surface area contributed by atoms with E-state index in [1.54, 1.807) is 0 Å². The van der Waals surface area contributed by atoms with E-state index in [1.807, 2.05) is 13.8 Å². The summed E-state index contributed by atoms with van der Waals surface area (Å²) in [4.78, 5) is 0. The topological polar surface area (TPSA) is 9.23 Å². The monoisotopic (exact) mass is 188 g/mol. The molecule has 0 amide bonds. The Morgan fingerprint density at radius 3 is 1.38 bits per heavy atom. The Bertz CT molecular complexity index is 28.5. The van der Waals surface area contributed by atoms with Crippen LogP contribution in [0.1, 0.15) is 13.8 Å². The van der Waals surface area contributed by atoms with E-state index in [0.717, 1.165) is 0 Å². The van der Waals surface area contributed by atoms with E-state index >= 15 is 0 Å². The molecule has 0 aromatic carbocycles. The number of halogens is 3. The minimum absolute atomic E-state index is 0. The van der Waals surface area contributed by atoms with Crippen molar-refractivity contribution in [1.82, 2.24) is 0 Å². The van der Waals surface area contributed by atoms with Crippen LogP contribution >= 0.6 is 11.9 Å². The Morgan fingerprint density at radius 1 is 1.25 bits per heavy atom. The first-order valence-electron chi connectivity index (χ1n) is 1.54. The van der Waals surface area contributed by atoms with Crippen molar-refractivity contribution in [2.75, 3.05) is 0 Å². The summed E-state index contributed by atoms with van der Waals surface area (Å²) >= 11 is 4.84. The zero-order chi connectivity index (χ0) is 4.28. The van der Waals surface area contributed by atoms with Crippen molar-refractivity contribution in [2.45, 2.75) is 20.0 Å². The molecule has 0 spiro atoms. The van der Waals surface area contributed by atoms with Crippen LogP contribution in [-0.4, -0.2) is 29.2 Å². The van der Waals surface area contributed by atoms with E-state index in [-0.39, 0.29) is 54.0 Å². The van der Waals surface area contributed by atoms with Gasteiger partial charge in [0.15, 0.2) is 0 Å². The molecule has 0 rings (SSSR count). The van der Waals surface area contributed by atoms with Crippen molar-refractivity contribution in [3.05, 3.63) is 0 Å². The molecule has 0 bridgehead atoms. The van der Waals surface area contributed by atoms with Gasteiger partial charge in [-0.2, -0.15) is 0 Å². The molecule has 0 aromatic rings. The third-order valence-corrected chi connectivity index (χ3v) is 0.535. The van der Waals surface area contributed by atoms with E-state index in [9.17, 15) is 0 Å². The standard InChI is InChI=1S/C3H7ClO.2ClH.Mg/c1-3(2)5-4;;;/h3H,1-2H3;2*1H;/q;;;+2/p-2. The second kappa shape index (κ2) is 15.8. The van der Waals surface area contributed by atoms with Gasteiger partial charge >= 0.3 is 23.1 Å². The van der Waals surface area contributed by atoms with Crippen molar-refractivity contribution >= 4 is 34.9 Å². The Balaban J connectivity index is -0.0000000267. The summed E-state index contributed by atoms with van der Waals surface area (Å²) in [6.45, 7) is 3.74. The van der Waals surface area contributed by atoms with E-state index in [1.165, 1.54) is 0 Å². The van der Waals surface area contributed by atoms with Crippen LogP contribution in [0.5, 0.6) is 0 Å². The summed E-state index contributed by atoms with van der Waals surface area (Å²) in [5.41, 5.74) is 0. The van der Waals surface area contributed by atoms with Gasteiger partial charge in [0.25, 0.3) is 0 Å². The van der Waals surface area contributed by atoms with E-state index in [0.29, 0.717) is 0 Å². The van der Waals surface area contributed by atoms with Crippen molar-refractivity contribution in [3.8, 4) is 0 Å². The molecular formula is C3H7Cl3MgO. The van der Waals surface area contributed by atoms with Gasteiger partial charge in [-0.25, -0.2) is 0 Å². The molecule has 0 N–H and O–H groups in total. The fourth-order valence-electron chi connectivity index (χ4n) is 0. The maximum absolute atomic E-state index is 4.84. The van der Waals surface area contributed by atoms with Gasteiger partial charge in [-0.15, -0.1) is 0 Å². The van der Waals surface area contributed by atoms with Crippen LogP contribution < -0.4 is 24.8 Å². The fraction of sp³-hybridized carbons (Fsp3) is 1.00. The molecule has 0 heterocycles. The molecule has 48 valence electrons. The first-order valence-corrected chi connectivity index (χ1v) is 1.85. The molecule has 0 radical (unpaired) electrons. The molecular weight excluding hydrogens is 183 g/mol. The van der Waals surface area contributed by atoms with Gasteiger partial charge in [0.1, 0.15) is 0 Å². The molecule has 0 unspecified atom stereocenters.